The van der Waals surface area contributed by atoms with Gasteiger partial charge in [0.05, 0.1) is 22.3 Å². The number of piperidine rings is 1. The van der Waals surface area contributed by atoms with Crippen molar-refractivity contribution in [1.82, 2.24) is 9.88 Å². The zero-order valence-corrected chi connectivity index (χ0v) is 18.2. The molecule has 4 rings (SSSR count). The van der Waals surface area contributed by atoms with E-state index in [2.05, 4.69) is 56.4 Å². The highest BCUT2D eigenvalue weighted by molar-refractivity contribution is 7.18. The summed E-state index contributed by atoms with van der Waals surface area (Å²) in [6.45, 7) is 5.31. The van der Waals surface area contributed by atoms with Gasteiger partial charge in [0.25, 0.3) is 5.91 Å². The zero-order chi connectivity index (χ0) is 20.2. The smallest absolute Gasteiger partial charge is 0.277 e. The highest BCUT2D eigenvalue weighted by atomic mass is 32.1. The Kier molecular flexibility index (Phi) is 6.26. The van der Waals surface area contributed by atoms with Crippen molar-refractivity contribution in [2.75, 3.05) is 26.7 Å². The number of nitrogens with zero attached hydrogens (tertiary/aromatic N) is 2. The number of quaternary nitrogens is 1. The minimum Gasteiger partial charge on any atom is -0.338 e. The Balaban J connectivity index is 1.28. The maximum atomic E-state index is 12.8. The quantitative estimate of drug-likeness (QED) is 0.680. The normalized spacial score (nSPS) is 16.3. The molecular formula is C24H30N3OS+. The number of likely N-dealkylation sites (N-methyl/N-ethyl adjacent to an activating group) is 1. The van der Waals surface area contributed by atoms with Crippen LogP contribution in [-0.4, -0.2) is 42.5 Å². The van der Waals surface area contributed by atoms with E-state index in [0.29, 0.717) is 12.5 Å². The van der Waals surface area contributed by atoms with Crippen molar-refractivity contribution in [2.45, 2.75) is 38.6 Å². The van der Waals surface area contributed by atoms with Crippen LogP contribution >= 0.6 is 11.3 Å². The lowest BCUT2D eigenvalue weighted by atomic mass is 9.97. The molecule has 152 valence electrons. The van der Waals surface area contributed by atoms with Gasteiger partial charge in [0.1, 0.15) is 6.54 Å². The molecule has 1 N–H and O–H groups in total. The van der Waals surface area contributed by atoms with Gasteiger partial charge in [-0.05, 0) is 37.0 Å². The maximum Gasteiger partial charge on any atom is 0.277 e. The largest absolute Gasteiger partial charge is 0.338 e. The summed E-state index contributed by atoms with van der Waals surface area (Å²) < 4.78 is 1.26. The first-order valence-corrected chi connectivity index (χ1v) is 11.5. The van der Waals surface area contributed by atoms with Gasteiger partial charge in [0, 0.05) is 24.6 Å². The second-order valence-electron chi connectivity index (χ2n) is 8.16. The van der Waals surface area contributed by atoms with E-state index in [1.54, 1.807) is 0 Å². The van der Waals surface area contributed by atoms with Crippen molar-refractivity contribution in [3.8, 4) is 0 Å². The van der Waals surface area contributed by atoms with Gasteiger partial charge in [-0.3, -0.25) is 4.79 Å². The molecule has 1 unspecified atom stereocenters. The molecule has 2 heterocycles. The molecule has 1 aromatic heterocycles. The molecular weight excluding hydrogens is 378 g/mol. The first kappa shape index (κ1) is 20.0. The van der Waals surface area contributed by atoms with Crippen molar-refractivity contribution in [1.29, 1.82) is 0 Å². The van der Waals surface area contributed by atoms with Crippen LogP contribution in [0.25, 0.3) is 10.2 Å². The third kappa shape index (κ3) is 4.85. The lowest BCUT2D eigenvalue weighted by Gasteiger charge is -2.31. The van der Waals surface area contributed by atoms with E-state index < -0.39 is 0 Å². The molecule has 1 aliphatic heterocycles. The van der Waals surface area contributed by atoms with E-state index >= 15 is 0 Å². The number of carbonyl (C=O) groups is 1. The number of para-hydroxylation sites is 1. The first-order chi connectivity index (χ1) is 14.1. The topological polar surface area (TPSA) is 37.6 Å². The van der Waals surface area contributed by atoms with Crippen LogP contribution in [0.2, 0.25) is 0 Å². The minimum atomic E-state index is 0.274. The predicted octanol–water partition coefficient (Wildman–Crippen LogP) is 3.28. The number of aryl methyl sites for hydroxylation is 1. The van der Waals surface area contributed by atoms with E-state index in [4.69, 9.17) is 4.98 Å². The molecule has 0 saturated carbocycles. The number of thiazole rings is 1. The van der Waals surface area contributed by atoms with Crippen LogP contribution in [0.15, 0.2) is 48.5 Å². The SMILES string of the molecule is CCc1ccc(C[NH+](C)CC(=O)N2CCC(c3nc4ccccc4s3)CC2)cc1. The van der Waals surface area contributed by atoms with Crippen LogP contribution in [-0.2, 0) is 17.8 Å². The Morgan fingerprint density at radius 2 is 1.79 bits per heavy atom. The highest BCUT2D eigenvalue weighted by Crippen LogP contribution is 2.33. The summed E-state index contributed by atoms with van der Waals surface area (Å²) in [5.41, 5.74) is 3.75. The third-order valence-electron chi connectivity index (χ3n) is 5.90. The number of benzene rings is 2. The Morgan fingerprint density at radius 3 is 2.48 bits per heavy atom. The van der Waals surface area contributed by atoms with Crippen LogP contribution < -0.4 is 4.90 Å². The fourth-order valence-electron chi connectivity index (χ4n) is 4.11. The van der Waals surface area contributed by atoms with Gasteiger partial charge in [0.2, 0.25) is 0 Å². The fraction of sp³-hybridized carbons (Fsp3) is 0.417. The van der Waals surface area contributed by atoms with E-state index in [-0.39, 0.29) is 5.91 Å². The van der Waals surface area contributed by atoms with Gasteiger partial charge >= 0.3 is 0 Å². The molecule has 1 atom stereocenters. The van der Waals surface area contributed by atoms with Crippen molar-refractivity contribution < 1.29 is 9.69 Å². The van der Waals surface area contributed by atoms with Crippen molar-refractivity contribution in [3.05, 3.63) is 64.7 Å². The lowest BCUT2D eigenvalue weighted by Crippen LogP contribution is -3.08. The Morgan fingerprint density at radius 1 is 1.10 bits per heavy atom. The van der Waals surface area contributed by atoms with Gasteiger partial charge < -0.3 is 9.80 Å². The summed E-state index contributed by atoms with van der Waals surface area (Å²) in [5, 5.41) is 1.23. The van der Waals surface area contributed by atoms with Crippen LogP contribution in [0.5, 0.6) is 0 Å². The van der Waals surface area contributed by atoms with Gasteiger partial charge in [-0.2, -0.15) is 0 Å². The Labute approximate surface area is 177 Å². The summed E-state index contributed by atoms with van der Waals surface area (Å²) in [4.78, 5) is 20.9. The average molecular weight is 409 g/mol. The summed E-state index contributed by atoms with van der Waals surface area (Å²) in [6.07, 6.45) is 3.10. The second-order valence-corrected chi connectivity index (χ2v) is 9.22. The molecule has 5 heteroatoms. The van der Waals surface area contributed by atoms with Gasteiger partial charge in [-0.25, -0.2) is 4.98 Å². The van der Waals surface area contributed by atoms with Gasteiger partial charge in [-0.15, -0.1) is 11.3 Å². The molecule has 2 aromatic carbocycles. The molecule has 1 aliphatic rings. The fourth-order valence-corrected chi connectivity index (χ4v) is 5.25. The van der Waals surface area contributed by atoms with E-state index in [1.165, 1.54) is 25.7 Å². The maximum absolute atomic E-state index is 12.8. The van der Waals surface area contributed by atoms with Crippen LogP contribution in [0, 0.1) is 0 Å². The van der Waals surface area contributed by atoms with E-state index in [1.807, 2.05) is 22.3 Å². The van der Waals surface area contributed by atoms with Gasteiger partial charge in [0.15, 0.2) is 6.54 Å². The standard InChI is InChI=1S/C24H29N3OS/c1-3-18-8-10-19(11-9-18)16-26(2)17-23(28)27-14-12-20(13-15-27)24-25-21-6-4-5-7-22(21)29-24/h4-11,20H,3,12-17H2,1-2H3/p+1. The number of amides is 1. The van der Waals surface area contributed by atoms with Crippen LogP contribution in [0.3, 0.4) is 0 Å². The molecule has 29 heavy (non-hydrogen) atoms. The number of hydrogen-bond acceptors (Lipinski definition) is 3. The summed E-state index contributed by atoms with van der Waals surface area (Å²) in [7, 11) is 2.11. The molecule has 1 amide bonds. The minimum absolute atomic E-state index is 0.274. The number of carbonyl (C=O) groups excluding carboxylic acids is 1. The Bertz CT molecular complexity index is 925. The number of likely N-dealkylation sites (tertiary alicyclic amines) is 1. The molecule has 0 aliphatic carbocycles. The molecule has 1 saturated heterocycles. The number of nitrogens with one attached hydrogen (secondary N) is 1. The summed E-state index contributed by atoms with van der Waals surface area (Å²) in [5.74, 6) is 0.758. The van der Waals surface area contributed by atoms with Crippen molar-refractivity contribution in [2.24, 2.45) is 0 Å². The molecule has 0 radical (unpaired) electrons. The molecule has 0 bridgehead atoms. The van der Waals surface area contributed by atoms with Crippen LogP contribution in [0.1, 0.15) is 41.8 Å². The second kappa shape index (κ2) is 9.06. The first-order valence-electron chi connectivity index (χ1n) is 10.6. The number of fused-ring (bicyclic) bond motifs is 1. The van der Waals surface area contributed by atoms with Crippen molar-refractivity contribution >= 4 is 27.5 Å². The molecule has 1 fully saturated rings. The lowest BCUT2D eigenvalue weighted by molar-refractivity contribution is -0.885. The van der Waals surface area contributed by atoms with Crippen molar-refractivity contribution in [3.63, 3.8) is 0 Å². The summed E-state index contributed by atoms with van der Waals surface area (Å²) >= 11 is 1.81. The molecule has 3 aromatic rings. The number of aromatic nitrogens is 1. The third-order valence-corrected chi connectivity index (χ3v) is 7.10. The van der Waals surface area contributed by atoms with Crippen LogP contribution in [0.4, 0.5) is 0 Å². The van der Waals surface area contributed by atoms with Gasteiger partial charge in [-0.1, -0.05) is 43.3 Å². The highest BCUT2D eigenvalue weighted by Gasteiger charge is 2.27. The van der Waals surface area contributed by atoms with E-state index in [9.17, 15) is 4.79 Å². The predicted molar refractivity (Wildman–Crippen MR) is 119 cm³/mol. The monoisotopic (exact) mass is 408 g/mol. The number of rotatable bonds is 6. The number of hydrogen-bond donors (Lipinski definition) is 1. The zero-order valence-electron chi connectivity index (χ0n) is 17.4. The Hall–Kier alpha value is -2.24. The average Bonchev–Trinajstić information content (AvgIpc) is 3.18. The summed E-state index contributed by atoms with van der Waals surface area (Å²) in [6, 6.07) is 17.1. The van der Waals surface area contributed by atoms with E-state index in [0.717, 1.165) is 44.4 Å². The molecule has 0 spiro atoms. The molecule has 4 nitrogen and oxygen atoms in total.